The third-order valence-corrected chi connectivity index (χ3v) is 6.67. The van der Waals surface area contributed by atoms with Crippen LogP contribution in [0.4, 0.5) is 10.1 Å². The summed E-state index contributed by atoms with van der Waals surface area (Å²) in [5.41, 5.74) is 10.3. The quantitative estimate of drug-likeness (QED) is 0.336. The van der Waals surface area contributed by atoms with Crippen molar-refractivity contribution in [1.29, 1.82) is 0 Å². The minimum Gasteiger partial charge on any atom is -0.344 e. The molecule has 5 rings (SSSR count). The fourth-order valence-corrected chi connectivity index (χ4v) is 4.88. The van der Waals surface area contributed by atoms with Crippen molar-refractivity contribution in [3.05, 3.63) is 83.7 Å². The Hall–Kier alpha value is -4.44. The first kappa shape index (κ1) is 26.2. The Kier molecular flexibility index (Phi) is 7.21. The number of nitrogens with zero attached hydrogens (tertiary/aromatic N) is 4. The highest BCUT2D eigenvalue weighted by Gasteiger charge is 2.32. The number of benzene rings is 3. The van der Waals surface area contributed by atoms with Gasteiger partial charge in [0.15, 0.2) is 0 Å². The van der Waals surface area contributed by atoms with Gasteiger partial charge in [0.1, 0.15) is 11.9 Å². The second-order valence-corrected chi connectivity index (χ2v) is 10.5. The summed E-state index contributed by atoms with van der Waals surface area (Å²) in [4.78, 5) is 28.0. The van der Waals surface area contributed by atoms with Crippen LogP contribution in [0.2, 0.25) is 0 Å². The molecule has 3 aromatic carbocycles. The predicted molar refractivity (Wildman–Crippen MR) is 146 cm³/mol. The van der Waals surface area contributed by atoms with E-state index in [1.54, 1.807) is 24.8 Å². The van der Waals surface area contributed by atoms with E-state index >= 15 is 0 Å². The summed E-state index contributed by atoms with van der Waals surface area (Å²) in [7, 11) is 0. The van der Waals surface area contributed by atoms with E-state index in [0.717, 1.165) is 27.8 Å². The molecule has 0 spiro atoms. The van der Waals surface area contributed by atoms with E-state index in [9.17, 15) is 14.0 Å². The molecule has 0 aliphatic carbocycles. The molecule has 1 atom stereocenters. The Morgan fingerprint density at radius 2 is 1.87 bits per heavy atom. The zero-order valence-corrected chi connectivity index (χ0v) is 21.8. The van der Waals surface area contributed by atoms with Crippen LogP contribution in [0.15, 0.2) is 66.7 Å². The highest BCUT2D eigenvalue weighted by molar-refractivity contribution is 6.00. The number of halogens is 1. The van der Waals surface area contributed by atoms with Gasteiger partial charge >= 0.3 is 0 Å². The van der Waals surface area contributed by atoms with Crippen LogP contribution >= 0.6 is 0 Å². The second-order valence-electron chi connectivity index (χ2n) is 10.5. The van der Waals surface area contributed by atoms with Crippen molar-refractivity contribution >= 4 is 17.5 Å². The molecule has 1 aliphatic rings. The number of anilines is 1. The minimum absolute atomic E-state index is 0.0884. The lowest BCUT2D eigenvalue weighted by Crippen LogP contribution is -2.49. The number of H-pyrrole nitrogens is 1. The molecule has 0 radical (unpaired) electrons. The lowest BCUT2D eigenvalue weighted by molar-refractivity contribution is -0.128. The number of aromatic nitrogens is 4. The van der Waals surface area contributed by atoms with E-state index in [0.29, 0.717) is 24.4 Å². The van der Waals surface area contributed by atoms with Crippen molar-refractivity contribution in [2.24, 2.45) is 5.73 Å². The molecule has 4 N–H and O–H groups in total. The van der Waals surface area contributed by atoms with E-state index in [2.05, 4.69) is 25.9 Å². The summed E-state index contributed by atoms with van der Waals surface area (Å²) in [5.74, 6) is -0.393. The largest absolute Gasteiger partial charge is 0.344 e. The number of carbonyl (C=O) groups is 2. The van der Waals surface area contributed by atoms with Gasteiger partial charge in [-0.05, 0) is 72.4 Å². The number of aromatic amines is 1. The van der Waals surface area contributed by atoms with Gasteiger partial charge in [0.05, 0.1) is 6.54 Å². The summed E-state index contributed by atoms with van der Waals surface area (Å²) in [5, 5.41) is 17.2. The normalized spacial score (nSPS) is 15.5. The van der Waals surface area contributed by atoms with Crippen molar-refractivity contribution in [2.45, 2.75) is 51.2 Å². The van der Waals surface area contributed by atoms with Gasteiger partial charge < -0.3 is 16.0 Å². The van der Waals surface area contributed by atoms with Crippen LogP contribution in [0.1, 0.15) is 37.8 Å². The smallest absolute Gasteiger partial charge is 0.249 e. The fourth-order valence-electron chi connectivity index (χ4n) is 4.88. The Morgan fingerprint density at radius 1 is 1.13 bits per heavy atom. The lowest BCUT2D eigenvalue weighted by Gasteiger charge is -2.27. The molecular weight excluding hydrogens is 497 g/mol. The topological polar surface area (TPSA) is 130 Å². The number of aryl methyl sites for hydroxylation is 1. The molecule has 2 amide bonds. The number of hydrogen-bond donors (Lipinski definition) is 3. The van der Waals surface area contributed by atoms with Gasteiger partial charge in [-0.3, -0.25) is 9.59 Å². The second kappa shape index (κ2) is 10.7. The lowest BCUT2D eigenvalue weighted by atomic mass is 9.98. The summed E-state index contributed by atoms with van der Waals surface area (Å²) in [6.07, 6.45) is 0.914. The van der Waals surface area contributed by atoms with Crippen LogP contribution in [0.25, 0.3) is 22.5 Å². The van der Waals surface area contributed by atoms with Crippen molar-refractivity contribution in [3.63, 3.8) is 0 Å². The Bertz CT molecular complexity index is 1480. The van der Waals surface area contributed by atoms with E-state index in [1.807, 2.05) is 48.5 Å². The third kappa shape index (κ3) is 6.01. The maximum Gasteiger partial charge on any atom is 0.249 e. The monoisotopic (exact) mass is 527 g/mol. The Balaban J connectivity index is 1.42. The van der Waals surface area contributed by atoms with Crippen LogP contribution in [-0.2, 0) is 22.6 Å². The number of fused-ring (bicyclic) bond motifs is 1. The molecule has 9 nitrogen and oxygen atoms in total. The molecule has 0 fully saturated rings. The summed E-state index contributed by atoms with van der Waals surface area (Å²) >= 11 is 0. The number of rotatable bonds is 7. The molecule has 0 bridgehead atoms. The first-order chi connectivity index (χ1) is 18.7. The van der Waals surface area contributed by atoms with Crippen LogP contribution in [0.5, 0.6) is 0 Å². The molecule has 0 saturated heterocycles. The zero-order valence-electron chi connectivity index (χ0n) is 21.8. The van der Waals surface area contributed by atoms with Crippen molar-refractivity contribution in [2.75, 3.05) is 4.90 Å². The maximum atomic E-state index is 14.1. The number of tetrazole rings is 1. The van der Waals surface area contributed by atoms with Gasteiger partial charge in [0, 0.05) is 23.2 Å². The van der Waals surface area contributed by atoms with Crippen LogP contribution in [0.3, 0.4) is 0 Å². The summed E-state index contributed by atoms with van der Waals surface area (Å²) in [6, 6.07) is 19.3. The van der Waals surface area contributed by atoms with Gasteiger partial charge in [0.2, 0.25) is 17.6 Å². The average molecular weight is 528 g/mol. The third-order valence-electron chi connectivity index (χ3n) is 6.67. The van der Waals surface area contributed by atoms with Gasteiger partial charge in [-0.2, -0.15) is 5.21 Å². The van der Waals surface area contributed by atoms with Crippen LogP contribution in [-0.4, -0.2) is 44.0 Å². The minimum atomic E-state index is -0.739. The van der Waals surface area contributed by atoms with Crippen molar-refractivity contribution in [1.82, 2.24) is 25.9 Å². The van der Waals surface area contributed by atoms with Gasteiger partial charge in [-0.15, -0.1) is 10.2 Å². The number of carbonyl (C=O) groups excluding carboxylic acids is 2. The zero-order chi connectivity index (χ0) is 27.6. The highest BCUT2D eigenvalue weighted by Crippen LogP contribution is 2.32. The summed E-state index contributed by atoms with van der Waals surface area (Å²) < 4.78 is 14.1. The van der Waals surface area contributed by atoms with E-state index in [-0.39, 0.29) is 30.6 Å². The Labute approximate surface area is 225 Å². The van der Waals surface area contributed by atoms with Crippen molar-refractivity contribution < 1.29 is 14.0 Å². The molecule has 1 aliphatic heterocycles. The standard InChI is InChI=1S/C29H30FN7O2/c1-29(2,31)16-26(38)32-24-13-11-20-15-21(30)12-14-25(20)37(28(24)39)17-18-7-9-19(10-8-18)22-5-3-4-6-23(22)27-33-35-36-34-27/h3-10,12,14-15,24H,11,13,16-17,31H2,1-2H3,(H,32,38)(H,33,34,35,36). The SMILES string of the molecule is CC(C)(N)CC(=O)NC1CCc2cc(F)ccc2N(Cc2ccc(-c3ccccc3-c3nn[nH]n3)cc2)C1=O. The molecule has 39 heavy (non-hydrogen) atoms. The molecule has 10 heteroatoms. The van der Waals surface area contributed by atoms with Gasteiger partial charge in [-0.25, -0.2) is 4.39 Å². The molecule has 0 saturated carbocycles. The van der Waals surface area contributed by atoms with E-state index in [4.69, 9.17) is 5.73 Å². The number of hydrogen-bond acceptors (Lipinski definition) is 6. The highest BCUT2D eigenvalue weighted by atomic mass is 19.1. The maximum absolute atomic E-state index is 14.1. The van der Waals surface area contributed by atoms with Gasteiger partial charge in [0.25, 0.3) is 0 Å². The Morgan fingerprint density at radius 3 is 2.56 bits per heavy atom. The van der Waals surface area contributed by atoms with Crippen LogP contribution in [0, 0.1) is 5.82 Å². The first-order valence-corrected chi connectivity index (χ1v) is 12.8. The summed E-state index contributed by atoms with van der Waals surface area (Å²) in [6.45, 7) is 3.78. The first-order valence-electron chi connectivity index (χ1n) is 12.8. The molecule has 1 unspecified atom stereocenters. The molecule has 200 valence electrons. The predicted octanol–water partition coefficient (Wildman–Crippen LogP) is 3.76. The average Bonchev–Trinajstić information content (AvgIpc) is 3.40. The molecular formula is C29H30FN7O2. The van der Waals surface area contributed by atoms with Crippen LogP contribution < -0.4 is 16.0 Å². The van der Waals surface area contributed by atoms with Gasteiger partial charge in [-0.1, -0.05) is 48.5 Å². The molecule has 2 heterocycles. The number of nitrogens with one attached hydrogen (secondary N) is 2. The number of nitrogens with two attached hydrogens (primary N) is 1. The van der Waals surface area contributed by atoms with E-state index in [1.165, 1.54) is 12.1 Å². The fraction of sp³-hybridized carbons (Fsp3) is 0.276. The van der Waals surface area contributed by atoms with E-state index < -0.39 is 11.6 Å². The molecule has 4 aromatic rings. The molecule has 1 aromatic heterocycles. The number of amides is 2. The van der Waals surface area contributed by atoms with Crippen molar-refractivity contribution in [3.8, 4) is 22.5 Å².